The molecule has 2 heterocycles. The summed E-state index contributed by atoms with van der Waals surface area (Å²) < 4.78 is 2.97. The maximum atomic E-state index is 12.8. The standard InChI is InChI=1S/C26H34N4O3S/c1-19-2-4-22(5-3-19)34-29-23(25(32)33)18-28-24(31)20-6-10-26(11-7-20)12-16-30(17-13-26)21-8-14-27-15-9-21/h2-5,8-9,14-15,20,23,29H,6-7,10-13,16-18H2,1H3,(H,28,31)(H,32,33). The van der Waals surface area contributed by atoms with Crippen LogP contribution in [0.1, 0.15) is 44.1 Å². The highest BCUT2D eigenvalue weighted by Crippen LogP contribution is 2.46. The average molecular weight is 483 g/mol. The van der Waals surface area contributed by atoms with Crippen LogP contribution in [-0.2, 0) is 9.59 Å². The van der Waals surface area contributed by atoms with E-state index in [0.717, 1.165) is 62.1 Å². The van der Waals surface area contributed by atoms with Crippen LogP contribution < -0.4 is 14.9 Å². The third-order valence-electron chi connectivity index (χ3n) is 7.39. The Bertz CT molecular complexity index is 952. The van der Waals surface area contributed by atoms with Crippen LogP contribution in [0.15, 0.2) is 53.7 Å². The normalized spacial score (nSPS) is 19.0. The number of carbonyl (C=O) groups excluding carboxylic acids is 1. The first-order valence-corrected chi connectivity index (χ1v) is 12.9. The number of nitrogens with one attached hydrogen (secondary N) is 2. The lowest BCUT2D eigenvalue weighted by molar-refractivity contribution is -0.139. The van der Waals surface area contributed by atoms with E-state index in [0.29, 0.717) is 5.41 Å². The minimum atomic E-state index is -0.969. The van der Waals surface area contributed by atoms with Gasteiger partial charge in [0, 0.05) is 48.5 Å². The minimum absolute atomic E-state index is 0.0162. The lowest BCUT2D eigenvalue weighted by atomic mass is 9.65. The number of carbonyl (C=O) groups is 2. The van der Waals surface area contributed by atoms with Crippen LogP contribution in [0.2, 0.25) is 0 Å². The third kappa shape index (κ3) is 6.30. The summed E-state index contributed by atoms with van der Waals surface area (Å²) in [5.74, 6) is -1.01. The van der Waals surface area contributed by atoms with Crippen LogP contribution in [0, 0.1) is 18.3 Å². The average Bonchev–Trinajstić information content (AvgIpc) is 2.86. The van der Waals surface area contributed by atoms with E-state index in [1.807, 2.05) is 43.6 Å². The zero-order valence-corrected chi connectivity index (χ0v) is 20.5. The second-order valence-corrected chi connectivity index (χ2v) is 10.5. The molecule has 4 rings (SSSR count). The number of carboxylic acids is 1. The Balaban J connectivity index is 1.21. The van der Waals surface area contributed by atoms with Crippen molar-refractivity contribution in [2.24, 2.45) is 11.3 Å². The molecule has 1 aromatic heterocycles. The topological polar surface area (TPSA) is 94.6 Å². The van der Waals surface area contributed by atoms with Gasteiger partial charge < -0.3 is 15.3 Å². The van der Waals surface area contributed by atoms with Crippen LogP contribution in [-0.4, -0.2) is 47.6 Å². The van der Waals surface area contributed by atoms with Crippen molar-refractivity contribution in [1.29, 1.82) is 0 Å². The quantitative estimate of drug-likeness (QED) is 0.489. The summed E-state index contributed by atoms with van der Waals surface area (Å²) in [4.78, 5) is 31.9. The van der Waals surface area contributed by atoms with E-state index < -0.39 is 12.0 Å². The van der Waals surface area contributed by atoms with E-state index in [1.54, 1.807) is 0 Å². The number of nitrogens with zero attached hydrogens (tertiary/aromatic N) is 2. The molecule has 1 unspecified atom stereocenters. The molecule has 1 aliphatic carbocycles. The summed E-state index contributed by atoms with van der Waals surface area (Å²) in [7, 11) is 0. The largest absolute Gasteiger partial charge is 0.480 e. The van der Waals surface area contributed by atoms with Crippen molar-refractivity contribution in [1.82, 2.24) is 15.0 Å². The molecule has 8 heteroatoms. The van der Waals surface area contributed by atoms with Gasteiger partial charge in [-0.05, 0) is 87.1 Å². The van der Waals surface area contributed by atoms with Gasteiger partial charge in [0.2, 0.25) is 5.91 Å². The van der Waals surface area contributed by atoms with Crippen LogP contribution in [0.4, 0.5) is 5.69 Å². The van der Waals surface area contributed by atoms with E-state index in [-0.39, 0.29) is 18.4 Å². The summed E-state index contributed by atoms with van der Waals surface area (Å²) in [6, 6.07) is 11.2. The van der Waals surface area contributed by atoms with E-state index in [1.165, 1.54) is 17.6 Å². The van der Waals surface area contributed by atoms with Crippen molar-refractivity contribution in [3.8, 4) is 0 Å². The third-order valence-corrected chi connectivity index (χ3v) is 8.30. The van der Waals surface area contributed by atoms with Gasteiger partial charge in [0.05, 0.1) is 0 Å². The molecule has 2 aliphatic rings. The van der Waals surface area contributed by atoms with E-state index in [4.69, 9.17) is 0 Å². The summed E-state index contributed by atoms with van der Waals surface area (Å²) in [5.41, 5.74) is 2.73. The molecular weight excluding hydrogens is 448 g/mol. The number of aryl methyl sites for hydroxylation is 1. The van der Waals surface area contributed by atoms with Crippen molar-refractivity contribution < 1.29 is 14.7 Å². The zero-order chi connectivity index (χ0) is 24.0. The fourth-order valence-electron chi connectivity index (χ4n) is 5.06. The van der Waals surface area contributed by atoms with Gasteiger partial charge in [-0.3, -0.25) is 14.6 Å². The highest BCUT2D eigenvalue weighted by atomic mass is 32.2. The van der Waals surface area contributed by atoms with Crippen molar-refractivity contribution >= 4 is 29.5 Å². The number of benzene rings is 1. The van der Waals surface area contributed by atoms with Crippen molar-refractivity contribution in [3.05, 3.63) is 54.4 Å². The van der Waals surface area contributed by atoms with Gasteiger partial charge >= 0.3 is 5.97 Å². The van der Waals surface area contributed by atoms with Gasteiger partial charge in [-0.2, -0.15) is 0 Å². The first kappa shape index (κ1) is 24.5. The number of hydrogen-bond donors (Lipinski definition) is 3. The second kappa shape index (κ2) is 11.2. The Kier molecular flexibility index (Phi) is 8.11. The first-order valence-electron chi connectivity index (χ1n) is 12.1. The molecule has 7 nitrogen and oxygen atoms in total. The molecule has 1 spiro atoms. The van der Waals surface area contributed by atoms with Crippen molar-refractivity contribution in [2.75, 3.05) is 24.5 Å². The van der Waals surface area contributed by atoms with Gasteiger partial charge in [-0.25, -0.2) is 4.72 Å². The molecule has 0 radical (unpaired) electrons. The number of carboxylic acid groups (broad SMARTS) is 1. The number of anilines is 1. The molecule has 2 fully saturated rings. The second-order valence-electron chi connectivity index (χ2n) is 9.64. The van der Waals surface area contributed by atoms with Gasteiger partial charge in [-0.1, -0.05) is 17.7 Å². The molecule has 182 valence electrons. The van der Waals surface area contributed by atoms with Crippen LogP contribution in [0.25, 0.3) is 0 Å². The lowest BCUT2D eigenvalue weighted by Gasteiger charge is -2.46. The van der Waals surface area contributed by atoms with E-state index in [9.17, 15) is 14.7 Å². The number of aliphatic carboxylic acids is 1. The SMILES string of the molecule is Cc1ccc(SNC(CNC(=O)C2CCC3(CC2)CCN(c2ccncc2)CC3)C(=O)O)cc1. The Hall–Kier alpha value is -2.58. The van der Waals surface area contributed by atoms with Crippen molar-refractivity contribution in [2.45, 2.75) is 56.4 Å². The van der Waals surface area contributed by atoms with Gasteiger partial charge in [0.1, 0.15) is 6.04 Å². The molecule has 1 aromatic carbocycles. The number of amides is 1. The lowest BCUT2D eigenvalue weighted by Crippen LogP contribution is -2.47. The summed E-state index contributed by atoms with van der Waals surface area (Å²) in [6.07, 6.45) is 9.90. The molecule has 1 atom stereocenters. The molecule has 1 saturated carbocycles. The van der Waals surface area contributed by atoms with Gasteiger partial charge in [0.25, 0.3) is 0 Å². The first-order chi connectivity index (χ1) is 16.4. The smallest absolute Gasteiger partial charge is 0.323 e. The molecule has 3 N–H and O–H groups in total. The molecular formula is C26H34N4O3S. The zero-order valence-electron chi connectivity index (χ0n) is 19.7. The summed E-state index contributed by atoms with van der Waals surface area (Å²) >= 11 is 1.28. The Morgan fingerprint density at radius 1 is 1.09 bits per heavy atom. The van der Waals surface area contributed by atoms with E-state index >= 15 is 0 Å². The number of piperidine rings is 1. The highest BCUT2D eigenvalue weighted by Gasteiger charge is 2.39. The number of pyridine rings is 1. The number of hydrogen-bond acceptors (Lipinski definition) is 6. The predicted molar refractivity (Wildman–Crippen MR) is 135 cm³/mol. The van der Waals surface area contributed by atoms with Crippen LogP contribution in [0.5, 0.6) is 0 Å². The van der Waals surface area contributed by atoms with Gasteiger partial charge in [0.15, 0.2) is 0 Å². The molecule has 1 amide bonds. The minimum Gasteiger partial charge on any atom is -0.480 e. The van der Waals surface area contributed by atoms with Gasteiger partial charge in [-0.15, -0.1) is 0 Å². The number of rotatable bonds is 8. The molecule has 1 aliphatic heterocycles. The van der Waals surface area contributed by atoms with Crippen LogP contribution >= 0.6 is 11.9 Å². The molecule has 1 saturated heterocycles. The Labute approximate surface area is 205 Å². The maximum absolute atomic E-state index is 12.8. The molecule has 34 heavy (non-hydrogen) atoms. The molecule has 2 aromatic rings. The molecule has 0 bridgehead atoms. The maximum Gasteiger partial charge on any atom is 0.323 e. The van der Waals surface area contributed by atoms with Crippen molar-refractivity contribution in [3.63, 3.8) is 0 Å². The summed E-state index contributed by atoms with van der Waals surface area (Å²) in [6.45, 7) is 4.18. The summed E-state index contributed by atoms with van der Waals surface area (Å²) in [5, 5.41) is 12.4. The Morgan fingerprint density at radius 2 is 1.74 bits per heavy atom. The fraction of sp³-hybridized carbons (Fsp3) is 0.500. The number of aromatic nitrogens is 1. The monoisotopic (exact) mass is 482 g/mol. The highest BCUT2D eigenvalue weighted by molar-refractivity contribution is 7.97. The van der Waals surface area contributed by atoms with E-state index in [2.05, 4.69) is 32.1 Å². The fourth-order valence-corrected chi connectivity index (χ4v) is 5.79. The van der Waals surface area contributed by atoms with Crippen LogP contribution in [0.3, 0.4) is 0 Å². The Morgan fingerprint density at radius 3 is 2.35 bits per heavy atom. The predicted octanol–water partition coefficient (Wildman–Crippen LogP) is 4.03.